The van der Waals surface area contributed by atoms with Crippen LogP contribution >= 0.6 is 11.6 Å². The Morgan fingerprint density at radius 2 is 1.95 bits per heavy atom. The largest absolute Gasteiger partial charge is 0.488 e. The average molecular weight is 311 g/mol. The van der Waals surface area contributed by atoms with Gasteiger partial charge < -0.3 is 19.3 Å². The van der Waals surface area contributed by atoms with Crippen LogP contribution in [0.4, 0.5) is 4.39 Å². The van der Waals surface area contributed by atoms with Crippen LogP contribution in [-0.4, -0.2) is 11.9 Å². The highest BCUT2D eigenvalue weighted by Gasteiger charge is 2.17. The van der Waals surface area contributed by atoms with Gasteiger partial charge in [0.1, 0.15) is 18.2 Å². The highest BCUT2D eigenvalue weighted by molar-refractivity contribution is 6.30. The Balaban J connectivity index is 1.79. The van der Waals surface area contributed by atoms with Gasteiger partial charge in [0, 0.05) is 11.6 Å². The van der Waals surface area contributed by atoms with Crippen molar-refractivity contribution < 1.29 is 23.7 Å². The third-order valence-electron chi connectivity index (χ3n) is 3.10. The van der Waals surface area contributed by atoms with E-state index in [2.05, 4.69) is 0 Å². The van der Waals surface area contributed by atoms with E-state index in [0.717, 1.165) is 0 Å². The zero-order chi connectivity index (χ0) is 14.8. The first-order valence-electron chi connectivity index (χ1n) is 6.27. The smallest absolute Gasteiger partial charge is 0.231 e. The molecule has 1 aliphatic rings. The van der Waals surface area contributed by atoms with Crippen LogP contribution in [0.5, 0.6) is 17.2 Å². The maximum Gasteiger partial charge on any atom is 0.231 e. The highest BCUT2D eigenvalue weighted by Crippen LogP contribution is 2.38. The van der Waals surface area contributed by atoms with Crippen LogP contribution in [0.15, 0.2) is 30.3 Å². The van der Waals surface area contributed by atoms with Gasteiger partial charge in [0.25, 0.3) is 0 Å². The van der Waals surface area contributed by atoms with Crippen molar-refractivity contribution in [2.24, 2.45) is 0 Å². The molecule has 3 rings (SSSR count). The first kappa shape index (κ1) is 14.0. The lowest BCUT2D eigenvalue weighted by molar-refractivity contribution is 0.173. The molecule has 110 valence electrons. The first-order valence-corrected chi connectivity index (χ1v) is 6.65. The van der Waals surface area contributed by atoms with Crippen LogP contribution < -0.4 is 14.2 Å². The van der Waals surface area contributed by atoms with Gasteiger partial charge in [-0.1, -0.05) is 17.7 Å². The lowest BCUT2D eigenvalue weighted by atomic mass is 10.2. The van der Waals surface area contributed by atoms with Crippen molar-refractivity contribution in [3.8, 4) is 17.2 Å². The highest BCUT2D eigenvalue weighted by atomic mass is 35.5. The van der Waals surface area contributed by atoms with Crippen LogP contribution in [0.3, 0.4) is 0 Å². The summed E-state index contributed by atoms with van der Waals surface area (Å²) in [5.41, 5.74) is 1.21. The summed E-state index contributed by atoms with van der Waals surface area (Å²) < 4.78 is 29.5. The molecule has 2 aromatic rings. The molecule has 0 aromatic heterocycles. The van der Waals surface area contributed by atoms with Crippen LogP contribution in [0.2, 0.25) is 5.02 Å². The van der Waals surface area contributed by atoms with Gasteiger partial charge >= 0.3 is 0 Å². The summed E-state index contributed by atoms with van der Waals surface area (Å²) in [6.45, 7) is 0.105. The number of aliphatic hydroxyl groups excluding tert-OH is 1. The molecule has 0 saturated heterocycles. The van der Waals surface area contributed by atoms with Gasteiger partial charge in [-0.3, -0.25) is 0 Å². The van der Waals surface area contributed by atoms with E-state index in [1.807, 2.05) is 0 Å². The van der Waals surface area contributed by atoms with E-state index in [1.54, 1.807) is 18.2 Å². The van der Waals surface area contributed by atoms with Crippen molar-refractivity contribution in [2.45, 2.75) is 13.2 Å². The molecule has 0 bridgehead atoms. The summed E-state index contributed by atoms with van der Waals surface area (Å²) in [4.78, 5) is 0. The lowest BCUT2D eigenvalue weighted by Gasteiger charge is -2.11. The van der Waals surface area contributed by atoms with Gasteiger partial charge in [0.15, 0.2) is 11.5 Å². The second kappa shape index (κ2) is 5.79. The fourth-order valence-corrected chi connectivity index (χ4v) is 2.13. The maximum absolute atomic E-state index is 13.4. The number of rotatable bonds is 4. The van der Waals surface area contributed by atoms with E-state index in [0.29, 0.717) is 28.4 Å². The van der Waals surface area contributed by atoms with E-state index >= 15 is 0 Å². The number of hydrogen-bond donors (Lipinski definition) is 1. The van der Waals surface area contributed by atoms with E-state index in [-0.39, 0.29) is 25.0 Å². The molecule has 0 aliphatic carbocycles. The minimum absolute atomic E-state index is 0.0675. The van der Waals surface area contributed by atoms with Crippen molar-refractivity contribution in [1.82, 2.24) is 0 Å². The number of aliphatic hydroxyl groups is 1. The monoisotopic (exact) mass is 310 g/mol. The number of fused-ring (bicyclic) bond motifs is 1. The van der Waals surface area contributed by atoms with Gasteiger partial charge in [-0.25, -0.2) is 4.39 Å². The SMILES string of the molecule is OCc1cc2c(cc1OCc1ccc(Cl)c(F)c1)OCO2. The van der Waals surface area contributed by atoms with Gasteiger partial charge in [0.05, 0.1) is 11.6 Å². The number of hydrogen-bond acceptors (Lipinski definition) is 4. The molecule has 0 amide bonds. The molecule has 0 spiro atoms. The van der Waals surface area contributed by atoms with Crippen LogP contribution in [-0.2, 0) is 13.2 Å². The molecule has 0 fully saturated rings. The second-order valence-corrected chi connectivity index (χ2v) is 4.92. The summed E-state index contributed by atoms with van der Waals surface area (Å²) >= 11 is 5.63. The Morgan fingerprint density at radius 1 is 1.19 bits per heavy atom. The Kier molecular flexibility index (Phi) is 3.86. The predicted molar refractivity (Wildman–Crippen MR) is 74.2 cm³/mol. The maximum atomic E-state index is 13.4. The summed E-state index contributed by atoms with van der Waals surface area (Å²) in [6, 6.07) is 7.79. The molecular formula is C15H12ClFO4. The standard InChI is InChI=1S/C15H12ClFO4/c16-11-2-1-9(3-12(11)17)7-19-13-5-15-14(20-8-21-15)4-10(13)6-18/h1-5,18H,6-8H2. The summed E-state index contributed by atoms with van der Waals surface area (Å²) in [7, 11) is 0. The second-order valence-electron chi connectivity index (χ2n) is 4.51. The molecule has 1 N–H and O–H groups in total. The average Bonchev–Trinajstić information content (AvgIpc) is 2.94. The Hall–Kier alpha value is -1.98. The lowest BCUT2D eigenvalue weighted by Crippen LogP contribution is -1.99. The van der Waals surface area contributed by atoms with E-state index in [4.69, 9.17) is 25.8 Å². The quantitative estimate of drug-likeness (QED) is 0.941. The van der Waals surface area contributed by atoms with E-state index in [1.165, 1.54) is 12.1 Å². The zero-order valence-corrected chi connectivity index (χ0v) is 11.7. The third-order valence-corrected chi connectivity index (χ3v) is 3.41. The third kappa shape index (κ3) is 2.89. The summed E-state index contributed by atoms with van der Waals surface area (Å²) in [5, 5.41) is 9.44. The van der Waals surface area contributed by atoms with Crippen LogP contribution in [0.1, 0.15) is 11.1 Å². The Bertz CT molecular complexity index is 675. The minimum atomic E-state index is -0.495. The first-order chi connectivity index (χ1) is 10.2. The van der Waals surface area contributed by atoms with Gasteiger partial charge in [-0.2, -0.15) is 0 Å². The number of halogens is 2. The van der Waals surface area contributed by atoms with Crippen molar-refractivity contribution >= 4 is 11.6 Å². The molecule has 1 heterocycles. The Morgan fingerprint density at radius 3 is 2.67 bits per heavy atom. The molecule has 4 nitrogen and oxygen atoms in total. The van der Waals surface area contributed by atoms with Crippen LogP contribution in [0.25, 0.3) is 0 Å². The fraction of sp³-hybridized carbons (Fsp3) is 0.200. The van der Waals surface area contributed by atoms with Crippen molar-refractivity contribution in [3.63, 3.8) is 0 Å². The number of ether oxygens (including phenoxy) is 3. The van der Waals surface area contributed by atoms with Gasteiger partial charge in [-0.05, 0) is 23.8 Å². The van der Waals surface area contributed by atoms with E-state index < -0.39 is 5.82 Å². The molecule has 1 aliphatic heterocycles. The number of benzene rings is 2. The molecule has 2 aromatic carbocycles. The van der Waals surface area contributed by atoms with E-state index in [9.17, 15) is 9.50 Å². The molecule has 0 saturated carbocycles. The molecule has 6 heteroatoms. The Labute approximate surface area is 125 Å². The molecular weight excluding hydrogens is 299 g/mol. The molecule has 0 atom stereocenters. The van der Waals surface area contributed by atoms with Crippen LogP contribution in [0, 0.1) is 5.82 Å². The topological polar surface area (TPSA) is 47.9 Å². The van der Waals surface area contributed by atoms with Crippen molar-refractivity contribution in [1.29, 1.82) is 0 Å². The minimum Gasteiger partial charge on any atom is -0.488 e. The van der Waals surface area contributed by atoms with Crippen molar-refractivity contribution in [2.75, 3.05) is 6.79 Å². The predicted octanol–water partition coefficient (Wildman–Crippen LogP) is 3.28. The molecule has 0 radical (unpaired) electrons. The summed E-state index contributed by atoms with van der Waals surface area (Å²) in [6.07, 6.45) is 0. The molecule has 0 unspecified atom stereocenters. The van der Waals surface area contributed by atoms with Gasteiger partial charge in [0.2, 0.25) is 6.79 Å². The zero-order valence-electron chi connectivity index (χ0n) is 10.9. The summed E-state index contributed by atoms with van der Waals surface area (Å²) in [5.74, 6) is 1.11. The normalized spacial score (nSPS) is 12.5. The molecule has 21 heavy (non-hydrogen) atoms. The fourth-order valence-electron chi connectivity index (χ4n) is 2.01. The van der Waals surface area contributed by atoms with Crippen molar-refractivity contribution in [3.05, 3.63) is 52.3 Å². The van der Waals surface area contributed by atoms with Gasteiger partial charge in [-0.15, -0.1) is 0 Å².